The van der Waals surface area contributed by atoms with Gasteiger partial charge in [-0.1, -0.05) is 30.0 Å². The zero-order valence-corrected chi connectivity index (χ0v) is 15.5. The number of amides is 1. The Kier molecular flexibility index (Phi) is 4.88. The van der Waals surface area contributed by atoms with Gasteiger partial charge in [-0.25, -0.2) is 14.6 Å². The molecular weight excluding hydrogens is 346 g/mol. The van der Waals surface area contributed by atoms with Crippen LogP contribution >= 0.6 is 11.8 Å². The Morgan fingerprint density at radius 3 is 2.65 bits per heavy atom. The first-order valence-corrected chi connectivity index (χ1v) is 9.81. The summed E-state index contributed by atoms with van der Waals surface area (Å²) in [7, 11) is 0. The van der Waals surface area contributed by atoms with Gasteiger partial charge >= 0.3 is 0 Å². The molecule has 0 aliphatic carbocycles. The highest BCUT2D eigenvalue weighted by Gasteiger charge is 2.24. The summed E-state index contributed by atoms with van der Waals surface area (Å²) in [5.74, 6) is 0.192. The topological polar surface area (TPSA) is 63.9 Å². The van der Waals surface area contributed by atoms with Crippen molar-refractivity contribution >= 4 is 28.7 Å². The molecule has 4 rings (SSSR count). The molecule has 1 aromatic carbocycles. The van der Waals surface area contributed by atoms with Crippen LogP contribution in [0.15, 0.2) is 47.9 Å². The van der Waals surface area contributed by atoms with Crippen LogP contribution in [0.1, 0.15) is 26.2 Å². The Hall–Kier alpha value is -2.41. The molecule has 134 valence electrons. The third-order valence-electron chi connectivity index (χ3n) is 4.63. The third kappa shape index (κ3) is 3.31. The minimum Gasteiger partial charge on any atom is -0.342 e. The van der Waals surface area contributed by atoms with E-state index in [-0.39, 0.29) is 11.2 Å². The number of carbonyl (C=O) groups excluding carboxylic acids is 1. The first kappa shape index (κ1) is 17.0. The van der Waals surface area contributed by atoms with Crippen LogP contribution in [0.5, 0.6) is 0 Å². The van der Waals surface area contributed by atoms with E-state index in [2.05, 4.69) is 15.1 Å². The molecule has 6 nitrogen and oxygen atoms in total. The largest absolute Gasteiger partial charge is 0.342 e. The molecule has 1 aliphatic rings. The number of thioether (sulfide) groups is 1. The van der Waals surface area contributed by atoms with Gasteiger partial charge in [-0.3, -0.25) is 4.79 Å². The molecule has 0 saturated carbocycles. The van der Waals surface area contributed by atoms with Crippen molar-refractivity contribution in [2.45, 2.75) is 36.5 Å². The number of rotatable bonds is 4. The van der Waals surface area contributed by atoms with Crippen molar-refractivity contribution in [3.63, 3.8) is 0 Å². The van der Waals surface area contributed by atoms with Crippen molar-refractivity contribution in [3.8, 4) is 5.69 Å². The number of para-hydroxylation sites is 1. The molecule has 2 aromatic heterocycles. The molecule has 1 fully saturated rings. The number of carbonyl (C=O) groups is 1. The zero-order valence-electron chi connectivity index (χ0n) is 14.7. The Labute approximate surface area is 156 Å². The second kappa shape index (κ2) is 7.45. The number of likely N-dealkylation sites (tertiary alicyclic amines) is 1. The van der Waals surface area contributed by atoms with E-state index in [1.807, 2.05) is 42.2 Å². The summed E-state index contributed by atoms with van der Waals surface area (Å²) in [6.45, 7) is 3.70. The average molecular weight is 367 g/mol. The van der Waals surface area contributed by atoms with Gasteiger partial charge in [-0.05, 0) is 38.3 Å². The molecule has 1 amide bonds. The highest BCUT2D eigenvalue weighted by molar-refractivity contribution is 8.00. The van der Waals surface area contributed by atoms with Crippen molar-refractivity contribution < 1.29 is 4.79 Å². The van der Waals surface area contributed by atoms with Crippen molar-refractivity contribution in [1.29, 1.82) is 0 Å². The molecule has 1 aliphatic heterocycles. The molecular formula is C19H21N5OS. The predicted molar refractivity (Wildman–Crippen MR) is 102 cm³/mol. The average Bonchev–Trinajstić information content (AvgIpc) is 3.14. The normalized spacial score (nSPS) is 16.0. The summed E-state index contributed by atoms with van der Waals surface area (Å²) < 4.78 is 1.80. The van der Waals surface area contributed by atoms with E-state index in [0.29, 0.717) is 0 Å². The lowest BCUT2D eigenvalue weighted by Gasteiger charge is -2.28. The minimum atomic E-state index is -0.175. The molecule has 1 unspecified atom stereocenters. The van der Waals surface area contributed by atoms with Gasteiger partial charge in [0.2, 0.25) is 5.91 Å². The number of fused-ring (bicyclic) bond motifs is 1. The SMILES string of the molecule is CC(Sc1ncnc2c1cnn2-c1ccccc1)C(=O)N1CCCCC1. The lowest BCUT2D eigenvalue weighted by Crippen LogP contribution is -2.40. The fourth-order valence-corrected chi connectivity index (χ4v) is 4.23. The van der Waals surface area contributed by atoms with Crippen LogP contribution in [-0.4, -0.2) is 48.9 Å². The summed E-state index contributed by atoms with van der Waals surface area (Å²) in [5, 5.41) is 5.97. The number of nitrogens with zero attached hydrogens (tertiary/aromatic N) is 5. The number of hydrogen-bond acceptors (Lipinski definition) is 5. The van der Waals surface area contributed by atoms with Crippen LogP contribution in [0, 0.1) is 0 Å². The van der Waals surface area contributed by atoms with Crippen molar-refractivity contribution in [1.82, 2.24) is 24.6 Å². The number of piperidine rings is 1. The van der Waals surface area contributed by atoms with Gasteiger partial charge in [0.25, 0.3) is 0 Å². The highest BCUT2D eigenvalue weighted by Crippen LogP contribution is 2.30. The van der Waals surface area contributed by atoms with Gasteiger partial charge in [-0.15, -0.1) is 0 Å². The van der Waals surface area contributed by atoms with E-state index < -0.39 is 0 Å². The van der Waals surface area contributed by atoms with Crippen molar-refractivity contribution in [3.05, 3.63) is 42.9 Å². The molecule has 7 heteroatoms. The van der Waals surface area contributed by atoms with Crippen LogP contribution in [0.3, 0.4) is 0 Å². The van der Waals surface area contributed by atoms with Crippen molar-refractivity contribution in [2.24, 2.45) is 0 Å². The Bertz CT molecular complexity index is 905. The summed E-state index contributed by atoms with van der Waals surface area (Å²) in [4.78, 5) is 23.5. The standard InChI is InChI=1S/C19H21N5OS/c1-14(19(25)23-10-6-3-7-11-23)26-18-16-12-22-24(17(16)20-13-21-18)15-8-4-2-5-9-15/h2,4-5,8-9,12-14H,3,6-7,10-11H2,1H3. The van der Waals surface area contributed by atoms with E-state index in [0.717, 1.165) is 47.7 Å². The van der Waals surface area contributed by atoms with Crippen LogP contribution in [0.4, 0.5) is 0 Å². The maximum atomic E-state index is 12.7. The molecule has 0 N–H and O–H groups in total. The number of hydrogen-bond donors (Lipinski definition) is 0. The molecule has 26 heavy (non-hydrogen) atoms. The van der Waals surface area contributed by atoms with Gasteiger partial charge in [0.15, 0.2) is 5.65 Å². The lowest BCUT2D eigenvalue weighted by atomic mass is 10.1. The first-order valence-electron chi connectivity index (χ1n) is 8.93. The second-order valence-electron chi connectivity index (χ2n) is 6.45. The third-order valence-corrected chi connectivity index (χ3v) is 5.74. The highest BCUT2D eigenvalue weighted by atomic mass is 32.2. The molecule has 0 spiro atoms. The van der Waals surface area contributed by atoms with Crippen LogP contribution in [0.2, 0.25) is 0 Å². The van der Waals surface area contributed by atoms with Gasteiger partial charge in [-0.2, -0.15) is 5.10 Å². The molecule has 1 saturated heterocycles. The van der Waals surface area contributed by atoms with E-state index in [4.69, 9.17) is 0 Å². The number of aromatic nitrogens is 4. The van der Waals surface area contributed by atoms with Gasteiger partial charge in [0, 0.05) is 13.1 Å². The van der Waals surface area contributed by atoms with Crippen LogP contribution in [-0.2, 0) is 4.79 Å². The van der Waals surface area contributed by atoms with E-state index in [1.54, 1.807) is 17.2 Å². The Morgan fingerprint density at radius 2 is 1.88 bits per heavy atom. The Morgan fingerprint density at radius 1 is 1.12 bits per heavy atom. The van der Waals surface area contributed by atoms with Crippen molar-refractivity contribution in [2.75, 3.05) is 13.1 Å². The fraction of sp³-hybridized carbons (Fsp3) is 0.368. The van der Waals surface area contributed by atoms with Crippen LogP contribution < -0.4 is 0 Å². The maximum Gasteiger partial charge on any atom is 0.235 e. The van der Waals surface area contributed by atoms with E-state index >= 15 is 0 Å². The van der Waals surface area contributed by atoms with Crippen LogP contribution in [0.25, 0.3) is 16.7 Å². The maximum absolute atomic E-state index is 12.7. The Balaban J connectivity index is 1.59. The summed E-state index contributed by atoms with van der Waals surface area (Å²) in [6, 6.07) is 9.89. The monoisotopic (exact) mass is 367 g/mol. The van der Waals surface area contributed by atoms with Gasteiger partial charge in [0.05, 0.1) is 22.5 Å². The number of benzene rings is 1. The molecule has 3 heterocycles. The minimum absolute atomic E-state index is 0.175. The zero-order chi connectivity index (χ0) is 17.9. The molecule has 0 bridgehead atoms. The van der Waals surface area contributed by atoms with E-state index in [1.165, 1.54) is 18.2 Å². The molecule has 0 radical (unpaired) electrons. The quantitative estimate of drug-likeness (QED) is 0.523. The second-order valence-corrected chi connectivity index (χ2v) is 7.78. The summed E-state index contributed by atoms with van der Waals surface area (Å²) in [6.07, 6.45) is 6.75. The smallest absolute Gasteiger partial charge is 0.235 e. The summed E-state index contributed by atoms with van der Waals surface area (Å²) in [5.41, 5.74) is 1.71. The summed E-state index contributed by atoms with van der Waals surface area (Å²) >= 11 is 1.49. The van der Waals surface area contributed by atoms with Gasteiger partial charge in [0.1, 0.15) is 11.4 Å². The first-order chi connectivity index (χ1) is 12.7. The fourth-order valence-electron chi connectivity index (χ4n) is 3.26. The molecule has 1 atom stereocenters. The van der Waals surface area contributed by atoms with E-state index in [9.17, 15) is 4.79 Å². The predicted octanol–water partition coefficient (Wildman–Crippen LogP) is 3.31. The van der Waals surface area contributed by atoms with Gasteiger partial charge < -0.3 is 4.90 Å². The molecule has 3 aromatic rings. The lowest BCUT2D eigenvalue weighted by molar-refractivity contribution is -0.131.